The van der Waals surface area contributed by atoms with E-state index >= 15 is 0 Å². The summed E-state index contributed by atoms with van der Waals surface area (Å²) in [4.78, 5) is 11.3. The van der Waals surface area contributed by atoms with Crippen LogP contribution in [0.1, 0.15) is 40.0 Å². The van der Waals surface area contributed by atoms with Crippen molar-refractivity contribution in [2.75, 3.05) is 6.54 Å². The van der Waals surface area contributed by atoms with E-state index in [-0.39, 0.29) is 11.9 Å². The van der Waals surface area contributed by atoms with E-state index in [1.54, 1.807) is 0 Å². The summed E-state index contributed by atoms with van der Waals surface area (Å²) in [6, 6.07) is -0.336. The van der Waals surface area contributed by atoms with E-state index in [4.69, 9.17) is 5.73 Å². The van der Waals surface area contributed by atoms with Gasteiger partial charge in [0.25, 0.3) is 0 Å². The van der Waals surface area contributed by atoms with E-state index in [1.165, 1.54) is 0 Å². The first-order valence-electron chi connectivity index (χ1n) is 5.11. The van der Waals surface area contributed by atoms with Gasteiger partial charge >= 0.3 is 0 Å². The molecule has 0 bridgehead atoms. The molecule has 0 radical (unpaired) electrons. The highest BCUT2D eigenvalue weighted by molar-refractivity contribution is 5.81. The van der Waals surface area contributed by atoms with Gasteiger partial charge in [-0.1, -0.05) is 27.2 Å². The van der Waals surface area contributed by atoms with Crippen LogP contribution in [0.25, 0.3) is 0 Å². The van der Waals surface area contributed by atoms with E-state index in [2.05, 4.69) is 26.1 Å². The Morgan fingerprint density at radius 1 is 1.46 bits per heavy atom. The van der Waals surface area contributed by atoms with Gasteiger partial charge in [0.15, 0.2) is 0 Å². The van der Waals surface area contributed by atoms with Crippen molar-refractivity contribution in [3.8, 4) is 0 Å². The van der Waals surface area contributed by atoms with Crippen LogP contribution in [-0.4, -0.2) is 18.5 Å². The lowest BCUT2D eigenvalue weighted by molar-refractivity contribution is -0.122. The molecular weight excluding hydrogens is 164 g/mol. The molecule has 0 aliphatic rings. The third-order valence-electron chi connectivity index (χ3n) is 1.89. The van der Waals surface area contributed by atoms with Gasteiger partial charge in [-0.15, -0.1) is 0 Å². The van der Waals surface area contributed by atoms with E-state index in [0.29, 0.717) is 5.92 Å². The highest BCUT2D eigenvalue weighted by Crippen LogP contribution is 2.02. The number of rotatable bonds is 6. The lowest BCUT2D eigenvalue weighted by Gasteiger charge is -2.13. The van der Waals surface area contributed by atoms with Crippen LogP contribution in [0.3, 0.4) is 0 Å². The fraction of sp³-hybridized carbons (Fsp3) is 0.900. The second-order valence-corrected chi connectivity index (χ2v) is 3.88. The topological polar surface area (TPSA) is 55.1 Å². The Kier molecular flexibility index (Phi) is 6.59. The Labute approximate surface area is 81.1 Å². The molecule has 0 aliphatic heterocycles. The zero-order chi connectivity index (χ0) is 10.3. The summed E-state index contributed by atoms with van der Waals surface area (Å²) in [5.74, 6) is 0.467. The summed E-state index contributed by atoms with van der Waals surface area (Å²) < 4.78 is 0. The number of nitrogens with two attached hydrogens (primary N) is 1. The van der Waals surface area contributed by atoms with Crippen molar-refractivity contribution in [3.05, 3.63) is 0 Å². The molecule has 0 aromatic rings. The number of hydrogen-bond donors (Lipinski definition) is 2. The second-order valence-electron chi connectivity index (χ2n) is 3.88. The third-order valence-corrected chi connectivity index (χ3v) is 1.89. The van der Waals surface area contributed by atoms with Crippen LogP contribution in [0.15, 0.2) is 0 Å². The summed E-state index contributed by atoms with van der Waals surface area (Å²) in [6.45, 7) is 6.99. The van der Waals surface area contributed by atoms with Crippen molar-refractivity contribution < 1.29 is 4.79 Å². The average Bonchev–Trinajstić information content (AvgIpc) is 2.03. The van der Waals surface area contributed by atoms with Crippen molar-refractivity contribution in [2.24, 2.45) is 11.7 Å². The van der Waals surface area contributed by atoms with Gasteiger partial charge in [-0.05, 0) is 18.8 Å². The molecule has 0 aromatic carbocycles. The zero-order valence-corrected chi connectivity index (χ0v) is 8.97. The predicted octanol–water partition coefficient (Wildman–Crippen LogP) is 1.28. The minimum atomic E-state index is -0.336. The number of hydrogen-bond acceptors (Lipinski definition) is 2. The van der Waals surface area contributed by atoms with Crippen LogP contribution in [0, 0.1) is 5.92 Å². The second kappa shape index (κ2) is 6.89. The van der Waals surface area contributed by atoms with Crippen molar-refractivity contribution in [3.63, 3.8) is 0 Å². The van der Waals surface area contributed by atoms with Gasteiger partial charge < -0.3 is 11.1 Å². The standard InChI is InChI=1S/C10H22N2O/c1-4-5-6-12-10(13)9(11)7-8(2)3/h8-9H,4-7,11H2,1-3H3,(H,12,13). The van der Waals surface area contributed by atoms with Crippen LogP contribution in [-0.2, 0) is 4.79 Å². The molecule has 0 saturated carbocycles. The van der Waals surface area contributed by atoms with E-state index in [1.807, 2.05) is 0 Å². The summed E-state index contributed by atoms with van der Waals surface area (Å²) in [6.07, 6.45) is 2.89. The maximum Gasteiger partial charge on any atom is 0.236 e. The van der Waals surface area contributed by atoms with Crippen molar-refractivity contribution in [1.82, 2.24) is 5.32 Å². The van der Waals surface area contributed by atoms with E-state index < -0.39 is 0 Å². The minimum Gasteiger partial charge on any atom is -0.355 e. The van der Waals surface area contributed by atoms with E-state index in [0.717, 1.165) is 25.8 Å². The van der Waals surface area contributed by atoms with Gasteiger partial charge in [0.2, 0.25) is 5.91 Å². The fourth-order valence-corrected chi connectivity index (χ4v) is 1.13. The molecule has 78 valence electrons. The molecule has 0 aliphatic carbocycles. The highest BCUT2D eigenvalue weighted by Gasteiger charge is 2.13. The summed E-state index contributed by atoms with van der Waals surface area (Å²) in [7, 11) is 0. The van der Waals surface area contributed by atoms with Crippen molar-refractivity contribution in [2.45, 2.75) is 46.1 Å². The molecule has 0 aromatic heterocycles. The molecular formula is C10H22N2O. The molecule has 0 fully saturated rings. The van der Waals surface area contributed by atoms with Crippen molar-refractivity contribution in [1.29, 1.82) is 0 Å². The Hall–Kier alpha value is -0.570. The predicted molar refractivity (Wildman–Crippen MR) is 55.3 cm³/mol. The number of carbonyl (C=O) groups is 1. The molecule has 1 unspecified atom stereocenters. The molecule has 1 atom stereocenters. The van der Waals surface area contributed by atoms with Gasteiger partial charge in [-0.2, -0.15) is 0 Å². The molecule has 13 heavy (non-hydrogen) atoms. The lowest BCUT2D eigenvalue weighted by atomic mass is 10.0. The Balaban J connectivity index is 3.57. The quantitative estimate of drug-likeness (QED) is 0.614. The van der Waals surface area contributed by atoms with Gasteiger partial charge in [-0.25, -0.2) is 0 Å². The maximum absolute atomic E-state index is 11.3. The number of amides is 1. The van der Waals surface area contributed by atoms with Crippen molar-refractivity contribution >= 4 is 5.91 Å². The Morgan fingerprint density at radius 3 is 2.54 bits per heavy atom. The van der Waals surface area contributed by atoms with Gasteiger partial charge in [-0.3, -0.25) is 4.79 Å². The smallest absolute Gasteiger partial charge is 0.236 e. The molecule has 0 spiro atoms. The lowest BCUT2D eigenvalue weighted by Crippen LogP contribution is -2.41. The fourth-order valence-electron chi connectivity index (χ4n) is 1.13. The van der Waals surface area contributed by atoms with Crippen LogP contribution in [0.5, 0.6) is 0 Å². The number of carbonyl (C=O) groups excluding carboxylic acids is 1. The molecule has 0 heterocycles. The average molecular weight is 186 g/mol. The molecule has 3 heteroatoms. The monoisotopic (exact) mass is 186 g/mol. The molecule has 1 amide bonds. The molecule has 3 nitrogen and oxygen atoms in total. The largest absolute Gasteiger partial charge is 0.355 e. The van der Waals surface area contributed by atoms with Crippen LogP contribution in [0.2, 0.25) is 0 Å². The zero-order valence-electron chi connectivity index (χ0n) is 8.97. The number of unbranched alkanes of at least 4 members (excludes halogenated alkanes) is 1. The Bertz CT molecular complexity index is 146. The normalized spacial score (nSPS) is 13.0. The molecule has 0 rings (SSSR count). The number of nitrogens with one attached hydrogen (secondary N) is 1. The van der Waals surface area contributed by atoms with Gasteiger partial charge in [0, 0.05) is 6.54 Å². The summed E-state index contributed by atoms with van der Waals surface area (Å²) in [5.41, 5.74) is 5.69. The Morgan fingerprint density at radius 2 is 2.08 bits per heavy atom. The maximum atomic E-state index is 11.3. The SMILES string of the molecule is CCCCNC(=O)C(N)CC(C)C. The minimum absolute atomic E-state index is 0.0119. The van der Waals surface area contributed by atoms with Crippen LogP contribution >= 0.6 is 0 Å². The van der Waals surface area contributed by atoms with Gasteiger partial charge in [0.05, 0.1) is 6.04 Å². The summed E-state index contributed by atoms with van der Waals surface area (Å²) >= 11 is 0. The van der Waals surface area contributed by atoms with E-state index in [9.17, 15) is 4.79 Å². The van der Waals surface area contributed by atoms with Crippen LogP contribution < -0.4 is 11.1 Å². The highest BCUT2D eigenvalue weighted by atomic mass is 16.2. The van der Waals surface area contributed by atoms with Gasteiger partial charge in [0.1, 0.15) is 0 Å². The first-order valence-corrected chi connectivity index (χ1v) is 5.11. The molecule has 0 saturated heterocycles. The first-order chi connectivity index (χ1) is 6.07. The third kappa shape index (κ3) is 6.58. The summed E-state index contributed by atoms with van der Waals surface area (Å²) in [5, 5.41) is 2.82. The van der Waals surface area contributed by atoms with Crippen LogP contribution in [0.4, 0.5) is 0 Å². The first kappa shape index (κ1) is 12.4. The molecule has 3 N–H and O–H groups in total.